The summed E-state index contributed by atoms with van der Waals surface area (Å²) in [6.07, 6.45) is 2.65. The van der Waals surface area contributed by atoms with Crippen LogP contribution < -0.4 is 10.5 Å². The van der Waals surface area contributed by atoms with E-state index in [4.69, 9.17) is 20.6 Å². The Morgan fingerprint density at radius 3 is 2.48 bits per heavy atom. The fraction of sp³-hybridized carbons (Fsp3) is 0.591. The summed E-state index contributed by atoms with van der Waals surface area (Å²) >= 11 is 0. The fourth-order valence-corrected chi connectivity index (χ4v) is 4.11. The standard InChI is InChI=1S/C22H33N5O4.2ClH/c1-3-30-21(29)14-27(16(2)28)26-10-6-17(7-11-26)15-31-20-5-4-18-8-9-25(22(23)24)13-19(18)12-20;;/h4-5,12,17H,3,6-11,13-15H2,1-2H3,(H3,23,24);2*1H. The van der Waals surface area contributed by atoms with E-state index in [-0.39, 0.29) is 49.2 Å². The summed E-state index contributed by atoms with van der Waals surface area (Å²) < 4.78 is 11.1. The predicted molar refractivity (Wildman–Crippen MR) is 131 cm³/mol. The van der Waals surface area contributed by atoms with Crippen molar-refractivity contribution < 1.29 is 19.1 Å². The molecule has 0 saturated carbocycles. The lowest BCUT2D eigenvalue weighted by molar-refractivity contribution is -0.163. The zero-order valence-corrected chi connectivity index (χ0v) is 20.9. The van der Waals surface area contributed by atoms with E-state index in [9.17, 15) is 9.59 Å². The highest BCUT2D eigenvalue weighted by Gasteiger charge is 2.27. The van der Waals surface area contributed by atoms with Gasteiger partial charge in [0, 0.05) is 33.1 Å². The highest BCUT2D eigenvalue weighted by atomic mass is 35.5. The molecule has 9 nitrogen and oxygen atoms in total. The van der Waals surface area contributed by atoms with E-state index in [2.05, 4.69) is 12.1 Å². The number of nitrogens with one attached hydrogen (secondary N) is 1. The molecule has 1 fully saturated rings. The number of hydrazine groups is 1. The van der Waals surface area contributed by atoms with Gasteiger partial charge in [-0.05, 0) is 55.4 Å². The molecule has 0 unspecified atom stereocenters. The van der Waals surface area contributed by atoms with Crippen LogP contribution in [0.25, 0.3) is 0 Å². The van der Waals surface area contributed by atoms with Gasteiger partial charge in [-0.15, -0.1) is 24.8 Å². The third kappa shape index (κ3) is 7.94. The number of carbonyl (C=O) groups is 2. The molecule has 1 aromatic carbocycles. The van der Waals surface area contributed by atoms with Crippen LogP contribution in [0.1, 0.15) is 37.8 Å². The quantitative estimate of drug-likeness (QED) is 0.333. The molecule has 3 rings (SSSR count). The molecule has 1 saturated heterocycles. The van der Waals surface area contributed by atoms with Gasteiger partial charge in [0.15, 0.2) is 5.96 Å². The molecule has 0 radical (unpaired) electrons. The minimum atomic E-state index is -0.390. The fourth-order valence-electron chi connectivity index (χ4n) is 4.11. The zero-order chi connectivity index (χ0) is 22.4. The van der Waals surface area contributed by atoms with Crippen LogP contribution in [0.4, 0.5) is 0 Å². The van der Waals surface area contributed by atoms with Crippen molar-refractivity contribution in [1.82, 2.24) is 14.9 Å². The first-order chi connectivity index (χ1) is 14.9. The van der Waals surface area contributed by atoms with E-state index in [1.165, 1.54) is 17.5 Å². The predicted octanol–water partition coefficient (Wildman–Crippen LogP) is 2.20. The first-order valence-corrected chi connectivity index (χ1v) is 10.9. The van der Waals surface area contributed by atoms with E-state index in [1.54, 1.807) is 6.92 Å². The molecule has 3 N–H and O–H groups in total. The third-order valence-corrected chi connectivity index (χ3v) is 5.90. The average Bonchev–Trinajstić information content (AvgIpc) is 2.76. The van der Waals surface area contributed by atoms with E-state index in [0.717, 1.165) is 37.1 Å². The Morgan fingerprint density at radius 2 is 1.88 bits per heavy atom. The molecular formula is C22H35Cl2N5O4. The van der Waals surface area contributed by atoms with Crippen molar-refractivity contribution in [3.8, 4) is 5.75 Å². The number of carbonyl (C=O) groups excluding carboxylic acids is 2. The third-order valence-electron chi connectivity index (χ3n) is 5.90. The second-order valence-corrected chi connectivity index (χ2v) is 8.08. The highest BCUT2D eigenvalue weighted by molar-refractivity contribution is 5.85. The number of hydrogen-bond acceptors (Lipinski definition) is 6. The Kier molecular flexibility index (Phi) is 11.8. The molecule has 0 aliphatic carbocycles. The maximum atomic E-state index is 12.0. The minimum absolute atomic E-state index is 0. The van der Waals surface area contributed by atoms with Gasteiger partial charge < -0.3 is 20.1 Å². The van der Waals surface area contributed by atoms with Crippen molar-refractivity contribution in [2.45, 2.75) is 39.7 Å². The number of nitrogens with two attached hydrogens (primary N) is 1. The van der Waals surface area contributed by atoms with Crippen LogP contribution in [0.15, 0.2) is 18.2 Å². The van der Waals surface area contributed by atoms with Crippen molar-refractivity contribution in [2.75, 3.05) is 39.4 Å². The van der Waals surface area contributed by atoms with E-state index < -0.39 is 0 Å². The van der Waals surface area contributed by atoms with Crippen LogP contribution >= 0.6 is 24.8 Å². The van der Waals surface area contributed by atoms with Gasteiger partial charge in [-0.2, -0.15) is 0 Å². The lowest BCUT2D eigenvalue weighted by Gasteiger charge is -2.38. The molecule has 0 bridgehead atoms. The number of hydrogen-bond donors (Lipinski definition) is 2. The summed E-state index contributed by atoms with van der Waals surface area (Å²) in [5.74, 6) is 0.776. The number of nitrogens with zero attached hydrogens (tertiary/aromatic N) is 3. The molecule has 11 heteroatoms. The van der Waals surface area contributed by atoms with Gasteiger partial charge in [0.2, 0.25) is 5.91 Å². The van der Waals surface area contributed by atoms with E-state index >= 15 is 0 Å². The number of halogens is 2. The van der Waals surface area contributed by atoms with Gasteiger partial charge in [-0.1, -0.05) is 6.07 Å². The molecule has 186 valence electrons. The SMILES string of the molecule is CCOC(=O)CN(C(C)=O)N1CCC(COc2ccc3c(c2)CN(C(=N)N)CC3)CC1.Cl.Cl. The number of esters is 1. The van der Waals surface area contributed by atoms with Gasteiger partial charge in [0.1, 0.15) is 12.3 Å². The number of rotatable bonds is 7. The van der Waals surface area contributed by atoms with Crippen molar-refractivity contribution in [1.29, 1.82) is 5.41 Å². The second-order valence-electron chi connectivity index (χ2n) is 8.08. The summed E-state index contributed by atoms with van der Waals surface area (Å²) in [6, 6.07) is 6.16. The number of benzene rings is 1. The summed E-state index contributed by atoms with van der Waals surface area (Å²) in [5, 5.41) is 11.1. The number of amides is 1. The summed E-state index contributed by atoms with van der Waals surface area (Å²) in [6.45, 7) is 6.91. The van der Waals surface area contributed by atoms with Crippen LogP contribution in [-0.2, 0) is 27.3 Å². The number of piperidine rings is 1. The molecular weight excluding hydrogens is 469 g/mol. The summed E-state index contributed by atoms with van der Waals surface area (Å²) in [4.78, 5) is 25.6. The molecule has 0 atom stereocenters. The zero-order valence-electron chi connectivity index (χ0n) is 19.2. The normalized spacial score (nSPS) is 16.0. The maximum Gasteiger partial charge on any atom is 0.327 e. The van der Waals surface area contributed by atoms with Crippen LogP contribution in [0.3, 0.4) is 0 Å². The largest absolute Gasteiger partial charge is 0.493 e. The van der Waals surface area contributed by atoms with Crippen molar-refractivity contribution in [3.05, 3.63) is 29.3 Å². The van der Waals surface area contributed by atoms with Gasteiger partial charge in [-0.3, -0.25) is 20.0 Å². The first-order valence-electron chi connectivity index (χ1n) is 10.9. The Morgan fingerprint density at radius 1 is 1.18 bits per heavy atom. The van der Waals surface area contributed by atoms with Crippen molar-refractivity contribution in [2.24, 2.45) is 11.7 Å². The van der Waals surface area contributed by atoms with Gasteiger partial charge in [0.25, 0.3) is 0 Å². The Labute approximate surface area is 207 Å². The molecule has 0 aromatic heterocycles. The molecule has 1 aromatic rings. The van der Waals surface area contributed by atoms with Crippen LogP contribution in [0, 0.1) is 11.3 Å². The summed E-state index contributed by atoms with van der Waals surface area (Å²) in [7, 11) is 0. The first kappa shape index (κ1) is 28.8. The lowest BCUT2D eigenvalue weighted by atomic mass is 9.98. The Bertz CT molecular complexity index is 818. The van der Waals surface area contributed by atoms with Crippen molar-refractivity contribution in [3.63, 3.8) is 0 Å². The molecule has 2 heterocycles. The number of ether oxygens (including phenoxy) is 2. The van der Waals surface area contributed by atoms with Crippen molar-refractivity contribution >= 4 is 42.7 Å². The number of fused-ring (bicyclic) bond motifs is 1. The average molecular weight is 504 g/mol. The second kappa shape index (κ2) is 13.5. The van der Waals surface area contributed by atoms with E-state index in [1.807, 2.05) is 16.0 Å². The smallest absolute Gasteiger partial charge is 0.327 e. The summed E-state index contributed by atoms with van der Waals surface area (Å²) in [5.41, 5.74) is 8.07. The molecule has 33 heavy (non-hydrogen) atoms. The van der Waals surface area contributed by atoms with Crippen LogP contribution in [-0.4, -0.2) is 72.1 Å². The van der Waals surface area contributed by atoms with Crippen LogP contribution in [0.2, 0.25) is 0 Å². The lowest BCUT2D eigenvalue weighted by Crippen LogP contribution is -2.51. The molecule has 2 aliphatic rings. The minimum Gasteiger partial charge on any atom is -0.493 e. The highest BCUT2D eigenvalue weighted by Crippen LogP contribution is 2.25. The monoisotopic (exact) mass is 503 g/mol. The number of guanidine groups is 1. The Balaban J connectivity index is 0.00000272. The molecule has 2 aliphatic heterocycles. The molecule has 1 amide bonds. The van der Waals surface area contributed by atoms with Gasteiger partial charge in [0.05, 0.1) is 13.2 Å². The van der Waals surface area contributed by atoms with Gasteiger partial charge in [-0.25, -0.2) is 5.01 Å². The maximum absolute atomic E-state index is 12.0. The van der Waals surface area contributed by atoms with E-state index in [0.29, 0.717) is 38.8 Å². The Hall–Kier alpha value is -2.23. The topological polar surface area (TPSA) is 112 Å². The molecule has 0 spiro atoms. The van der Waals surface area contributed by atoms with Gasteiger partial charge >= 0.3 is 5.97 Å². The van der Waals surface area contributed by atoms with Crippen LogP contribution in [0.5, 0.6) is 5.75 Å².